The van der Waals surface area contributed by atoms with Crippen molar-refractivity contribution < 1.29 is 0 Å². The number of hydrogen-bond donors (Lipinski definition) is 0. The van der Waals surface area contributed by atoms with E-state index in [0.717, 1.165) is 10.9 Å². The van der Waals surface area contributed by atoms with E-state index in [0.29, 0.717) is 16.3 Å². The highest BCUT2D eigenvalue weighted by Crippen LogP contribution is 2.39. The van der Waals surface area contributed by atoms with Gasteiger partial charge in [-0.15, -0.1) is 11.8 Å². The first-order valence-corrected chi connectivity index (χ1v) is 6.12. The van der Waals surface area contributed by atoms with Crippen LogP contribution < -0.4 is 0 Å². The van der Waals surface area contributed by atoms with Gasteiger partial charge in [0.05, 0.1) is 0 Å². The Morgan fingerprint density at radius 3 is 2.71 bits per heavy atom. The quantitative estimate of drug-likeness (QED) is 0.585. The van der Waals surface area contributed by atoms with Gasteiger partial charge in [0.15, 0.2) is 0 Å². The van der Waals surface area contributed by atoms with Crippen molar-refractivity contribution in [3.8, 4) is 0 Å². The Kier molecular flexibility index (Phi) is 2.98. The second-order valence-electron chi connectivity index (χ2n) is 3.83. The third-order valence-electron chi connectivity index (χ3n) is 1.99. The lowest BCUT2D eigenvalue weighted by Gasteiger charge is -2.05. The molecule has 0 bridgehead atoms. The van der Waals surface area contributed by atoms with Crippen LogP contribution in [-0.2, 0) is 0 Å². The molecular weight excluding hydrogens is 216 g/mol. The molecule has 0 N–H and O–H groups in total. The van der Waals surface area contributed by atoms with Crippen LogP contribution in [0.3, 0.4) is 0 Å². The van der Waals surface area contributed by atoms with Gasteiger partial charge in [0.2, 0.25) is 0 Å². The van der Waals surface area contributed by atoms with E-state index in [1.54, 1.807) is 11.8 Å². The number of halogens is 1. The molecular formula is C10H13ClN2S. The van der Waals surface area contributed by atoms with Crippen LogP contribution in [0.25, 0.3) is 0 Å². The van der Waals surface area contributed by atoms with Crippen LogP contribution in [0.5, 0.6) is 0 Å². The zero-order valence-electron chi connectivity index (χ0n) is 8.33. The largest absolute Gasteiger partial charge is 0.226 e. The molecule has 2 rings (SSSR count). The molecule has 0 spiro atoms. The smallest absolute Gasteiger partial charge is 0.134 e. The molecule has 1 fully saturated rings. The van der Waals surface area contributed by atoms with Crippen molar-refractivity contribution >= 4 is 23.4 Å². The van der Waals surface area contributed by atoms with Crippen LogP contribution in [-0.4, -0.2) is 15.2 Å². The molecule has 1 heterocycles. The first kappa shape index (κ1) is 10.2. The Morgan fingerprint density at radius 1 is 1.43 bits per heavy atom. The van der Waals surface area contributed by atoms with E-state index in [1.807, 2.05) is 6.07 Å². The Balaban J connectivity index is 2.22. The lowest BCUT2D eigenvalue weighted by Crippen LogP contribution is -1.96. The maximum absolute atomic E-state index is 5.94. The van der Waals surface area contributed by atoms with Crippen molar-refractivity contribution in [2.45, 2.75) is 42.9 Å². The molecule has 0 amide bonds. The summed E-state index contributed by atoms with van der Waals surface area (Å²) in [5.74, 6) is 1.50. The molecule has 4 heteroatoms. The van der Waals surface area contributed by atoms with E-state index in [2.05, 4.69) is 23.8 Å². The summed E-state index contributed by atoms with van der Waals surface area (Å²) in [6, 6.07) is 1.85. The van der Waals surface area contributed by atoms with Crippen LogP contribution in [0, 0.1) is 0 Å². The lowest BCUT2D eigenvalue weighted by atomic mass is 10.4. The molecule has 0 unspecified atom stereocenters. The molecule has 14 heavy (non-hydrogen) atoms. The van der Waals surface area contributed by atoms with E-state index >= 15 is 0 Å². The molecule has 1 aromatic rings. The average molecular weight is 229 g/mol. The Morgan fingerprint density at radius 2 is 2.14 bits per heavy atom. The van der Waals surface area contributed by atoms with Crippen molar-refractivity contribution in [2.24, 2.45) is 0 Å². The topological polar surface area (TPSA) is 25.8 Å². The molecule has 0 saturated heterocycles. The van der Waals surface area contributed by atoms with Crippen LogP contribution in [0.1, 0.15) is 38.4 Å². The summed E-state index contributed by atoms with van der Waals surface area (Å²) < 4.78 is 0. The normalized spacial score (nSPS) is 16.3. The number of hydrogen-bond acceptors (Lipinski definition) is 3. The minimum Gasteiger partial charge on any atom is -0.226 e. The van der Waals surface area contributed by atoms with Gasteiger partial charge in [-0.05, 0) is 12.8 Å². The van der Waals surface area contributed by atoms with Gasteiger partial charge in [-0.1, -0.05) is 25.4 Å². The summed E-state index contributed by atoms with van der Waals surface area (Å²) in [5.41, 5.74) is 0. The third kappa shape index (κ3) is 2.61. The van der Waals surface area contributed by atoms with Gasteiger partial charge in [0.25, 0.3) is 0 Å². The fourth-order valence-electron chi connectivity index (χ4n) is 1.24. The maximum atomic E-state index is 5.94. The van der Waals surface area contributed by atoms with Gasteiger partial charge in [0.1, 0.15) is 16.0 Å². The Labute approximate surface area is 93.5 Å². The summed E-state index contributed by atoms with van der Waals surface area (Å²) in [5, 5.41) is 2.11. The number of rotatable bonds is 3. The van der Waals surface area contributed by atoms with Crippen LogP contribution in [0.2, 0.25) is 5.15 Å². The molecule has 0 aromatic carbocycles. The Bertz CT molecular complexity index is 337. The minimum atomic E-state index is 0.535. The predicted octanol–water partition coefficient (Wildman–Crippen LogP) is 3.51. The minimum absolute atomic E-state index is 0.535. The number of thioether (sulfide) groups is 1. The van der Waals surface area contributed by atoms with Gasteiger partial charge in [-0.25, -0.2) is 9.97 Å². The molecule has 0 atom stereocenters. The summed E-state index contributed by atoms with van der Waals surface area (Å²) in [7, 11) is 0. The standard InChI is InChI=1S/C10H13ClN2S/c1-6(2)14-9-5-8(11)12-10(13-9)7-3-4-7/h5-7H,3-4H2,1-2H3. The summed E-state index contributed by atoms with van der Waals surface area (Å²) in [6.07, 6.45) is 2.43. The SMILES string of the molecule is CC(C)Sc1cc(Cl)nc(C2CC2)n1. The van der Waals surface area contributed by atoms with Gasteiger partial charge in [-0.3, -0.25) is 0 Å². The van der Waals surface area contributed by atoms with Gasteiger partial charge >= 0.3 is 0 Å². The van der Waals surface area contributed by atoms with Gasteiger partial charge < -0.3 is 0 Å². The molecule has 0 radical (unpaired) electrons. The zero-order valence-corrected chi connectivity index (χ0v) is 9.90. The highest BCUT2D eigenvalue weighted by molar-refractivity contribution is 7.99. The zero-order chi connectivity index (χ0) is 10.1. The third-order valence-corrected chi connectivity index (χ3v) is 3.10. The van der Waals surface area contributed by atoms with E-state index in [9.17, 15) is 0 Å². The molecule has 2 nitrogen and oxygen atoms in total. The van der Waals surface area contributed by atoms with Crippen molar-refractivity contribution in [2.75, 3.05) is 0 Å². The van der Waals surface area contributed by atoms with Crippen molar-refractivity contribution in [3.05, 3.63) is 17.0 Å². The summed E-state index contributed by atoms with van der Waals surface area (Å²) >= 11 is 7.68. The van der Waals surface area contributed by atoms with Gasteiger partial charge in [-0.2, -0.15) is 0 Å². The predicted molar refractivity (Wildman–Crippen MR) is 60.0 cm³/mol. The van der Waals surface area contributed by atoms with E-state index in [4.69, 9.17) is 11.6 Å². The van der Waals surface area contributed by atoms with Crippen molar-refractivity contribution in [1.29, 1.82) is 0 Å². The van der Waals surface area contributed by atoms with E-state index < -0.39 is 0 Å². The molecule has 1 aromatic heterocycles. The number of nitrogens with zero attached hydrogens (tertiary/aromatic N) is 2. The second kappa shape index (κ2) is 4.07. The average Bonchev–Trinajstić information content (AvgIpc) is 2.82. The second-order valence-corrected chi connectivity index (χ2v) is 5.81. The van der Waals surface area contributed by atoms with Crippen LogP contribution in [0.4, 0.5) is 0 Å². The lowest BCUT2D eigenvalue weighted by molar-refractivity contribution is 0.876. The van der Waals surface area contributed by atoms with Crippen molar-refractivity contribution in [1.82, 2.24) is 9.97 Å². The maximum Gasteiger partial charge on any atom is 0.134 e. The fourth-order valence-corrected chi connectivity index (χ4v) is 2.30. The van der Waals surface area contributed by atoms with Crippen molar-refractivity contribution in [3.63, 3.8) is 0 Å². The van der Waals surface area contributed by atoms with Crippen LogP contribution >= 0.6 is 23.4 Å². The monoisotopic (exact) mass is 228 g/mol. The molecule has 0 aliphatic heterocycles. The van der Waals surface area contributed by atoms with E-state index in [-0.39, 0.29) is 0 Å². The first-order valence-electron chi connectivity index (χ1n) is 4.86. The molecule has 1 aliphatic rings. The highest BCUT2D eigenvalue weighted by atomic mass is 35.5. The summed E-state index contributed by atoms with van der Waals surface area (Å²) in [6.45, 7) is 4.30. The molecule has 1 saturated carbocycles. The number of aromatic nitrogens is 2. The van der Waals surface area contributed by atoms with E-state index in [1.165, 1.54) is 12.8 Å². The first-order chi connectivity index (χ1) is 6.65. The summed E-state index contributed by atoms with van der Waals surface area (Å²) in [4.78, 5) is 8.75. The highest BCUT2D eigenvalue weighted by Gasteiger charge is 2.27. The molecule has 1 aliphatic carbocycles. The van der Waals surface area contributed by atoms with Gasteiger partial charge in [0, 0.05) is 17.2 Å². The van der Waals surface area contributed by atoms with Crippen LogP contribution in [0.15, 0.2) is 11.1 Å². The molecule has 76 valence electrons. The fraction of sp³-hybridized carbons (Fsp3) is 0.600. The Hall–Kier alpha value is -0.280.